The number of nitrogens with one attached hydrogen (secondary N) is 1. The quantitative estimate of drug-likeness (QED) is 0.417. The molecule has 0 saturated carbocycles. The Morgan fingerprint density at radius 2 is 1.91 bits per heavy atom. The Kier molecular flexibility index (Phi) is 6.81. The van der Waals surface area contributed by atoms with Crippen LogP contribution in [-0.4, -0.2) is 43.1 Å². The summed E-state index contributed by atoms with van der Waals surface area (Å²) in [5, 5.41) is 15.2. The second-order valence-electron chi connectivity index (χ2n) is 7.14. The zero-order valence-electron chi connectivity index (χ0n) is 17.5. The zero-order chi connectivity index (χ0) is 22.3. The van der Waals surface area contributed by atoms with Gasteiger partial charge in [0, 0.05) is 0 Å². The third-order valence-corrected chi connectivity index (χ3v) is 5.90. The van der Waals surface area contributed by atoms with E-state index >= 15 is 0 Å². The van der Waals surface area contributed by atoms with Crippen LogP contribution in [0.5, 0.6) is 0 Å². The second kappa shape index (κ2) is 10.1. The molecule has 0 aliphatic heterocycles. The summed E-state index contributed by atoms with van der Waals surface area (Å²) in [6.45, 7) is 1.91. The van der Waals surface area contributed by atoms with Gasteiger partial charge in [0.05, 0.1) is 22.7 Å². The van der Waals surface area contributed by atoms with E-state index in [1.807, 2.05) is 61.5 Å². The number of tetrazole rings is 1. The summed E-state index contributed by atoms with van der Waals surface area (Å²) in [7, 11) is 0. The maximum Gasteiger partial charge on any atom is 0.408 e. The summed E-state index contributed by atoms with van der Waals surface area (Å²) < 4.78 is 7.76. The van der Waals surface area contributed by atoms with E-state index in [1.165, 1.54) is 4.68 Å². The number of carbonyl (C=O) groups excluding carboxylic acids is 2. The first-order valence-corrected chi connectivity index (χ1v) is 11.0. The molecule has 32 heavy (non-hydrogen) atoms. The molecule has 2 aromatic carbocycles. The Bertz CT molecular complexity index is 1170. The van der Waals surface area contributed by atoms with Gasteiger partial charge in [-0.25, -0.2) is 14.5 Å². The largest absolute Gasteiger partial charge is 0.445 e. The maximum atomic E-state index is 12.8. The first-order valence-electron chi connectivity index (χ1n) is 10.2. The lowest BCUT2D eigenvalue weighted by Crippen LogP contribution is -2.42. The molecule has 1 unspecified atom stereocenters. The van der Waals surface area contributed by atoms with Gasteiger partial charge in [0.15, 0.2) is 11.6 Å². The van der Waals surface area contributed by atoms with Gasteiger partial charge in [-0.2, -0.15) is 0 Å². The fourth-order valence-electron chi connectivity index (χ4n) is 3.18. The molecule has 0 aliphatic carbocycles. The van der Waals surface area contributed by atoms with Crippen LogP contribution in [-0.2, 0) is 29.1 Å². The van der Waals surface area contributed by atoms with Crippen LogP contribution in [0.15, 0.2) is 54.6 Å². The molecule has 2 heterocycles. The molecular weight excluding hydrogens is 428 g/mol. The fraction of sp³-hybridized carbons (Fsp3) is 0.273. The summed E-state index contributed by atoms with van der Waals surface area (Å²) in [6.07, 6.45) is 0.206. The van der Waals surface area contributed by atoms with E-state index in [0.29, 0.717) is 18.7 Å². The van der Waals surface area contributed by atoms with Gasteiger partial charge in [-0.05, 0) is 34.5 Å². The van der Waals surface area contributed by atoms with Crippen molar-refractivity contribution in [3.05, 3.63) is 71.0 Å². The van der Waals surface area contributed by atoms with Crippen LogP contribution in [0.3, 0.4) is 0 Å². The number of para-hydroxylation sites is 1. The standard InChI is InChI=1S/C22H22N6O3S/c1-2-16(24-22(30)31-14-15-8-4-3-5-9-15)18(29)13-28-20(25-26-27-28)12-21-23-17-10-6-7-11-19(17)32-21/h3-11,16H,2,12-14H2,1H3,(H,24,30). The van der Waals surface area contributed by atoms with E-state index in [9.17, 15) is 9.59 Å². The maximum absolute atomic E-state index is 12.8. The van der Waals surface area contributed by atoms with E-state index in [1.54, 1.807) is 11.3 Å². The van der Waals surface area contributed by atoms with Crippen LogP contribution in [0, 0.1) is 0 Å². The number of alkyl carbamates (subject to hydrolysis) is 1. The number of ketones is 1. The van der Waals surface area contributed by atoms with E-state index in [2.05, 4.69) is 25.8 Å². The molecule has 1 atom stereocenters. The number of thiazole rings is 1. The monoisotopic (exact) mass is 450 g/mol. The lowest BCUT2D eigenvalue weighted by Gasteiger charge is -2.16. The van der Waals surface area contributed by atoms with Gasteiger partial charge >= 0.3 is 6.09 Å². The number of hydrogen-bond acceptors (Lipinski definition) is 8. The van der Waals surface area contributed by atoms with Gasteiger partial charge in [-0.1, -0.05) is 49.4 Å². The number of hydrogen-bond donors (Lipinski definition) is 1. The van der Waals surface area contributed by atoms with Crippen molar-refractivity contribution in [2.45, 2.75) is 39.0 Å². The normalized spacial score (nSPS) is 11.9. The topological polar surface area (TPSA) is 112 Å². The van der Waals surface area contributed by atoms with Crippen LogP contribution in [0.25, 0.3) is 10.2 Å². The van der Waals surface area contributed by atoms with Crippen molar-refractivity contribution in [2.24, 2.45) is 0 Å². The smallest absolute Gasteiger partial charge is 0.408 e. The summed E-state index contributed by atoms with van der Waals surface area (Å²) in [5.74, 6) is 0.334. The molecule has 0 aliphatic rings. The van der Waals surface area contributed by atoms with Gasteiger partial charge in [0.25, 0.3) is 0 Å². The molecule has 164 valence electrons. The van der Waals surface area contributed by atoms with Gasteiger partial charge < -0.3 is 10.1 Å². The minimum Gasteiger partial charge on any atom is -0.445 e. The summed E-state index contributed by atoms with van der Waals surface area (Å²) in [6, 6.07) is 16.5. The Hall–Kier alpha value is -3.66. The van der Waals surface area contributed by atoms with E-state index in [-0.39, 0.29) is 18.9 Å². The van der Waals surface area contributed by atoms with Gasteiger partial charge in [-0.3, -0.25) is 4.79 Å². The summed E-state index contributed by atoms with van der Waals surface area (Å²) in [4.78, 5) is 29.5. The highest BCUT2D eigenvalue weighted by Gasteiger charge is 2.22. The molecule has 4 rings (SSSR count). The molecule has 10 heteroatoms. The first kappa shape index (κ1) is 21.6. The number of rotatable bonds is 9. The van der Waals surface area contributed by atoms with Crippen LogP contribution < -0.4 is 5.32 Å². The lowest BCUT2D eigenvalue weighted by atomic mass is 10.1. The number of carbonyl (C=O) groups is 2. The van der Waals surface area contributed by atoms with Gasteiger partial charge in [0.1, 0.15) is 18.2 Å². The van der Waals surface area contributed by atoms with Crippen molar-refractivity contribution in [2.75, 3.05) is 0 Å². The van der Waals surface area contributed by atoms with Crippen LogP contribution >= 0.6 is 11.3 Å². The second-order valence-corrected chi connectivity index (χ2v) is 8.25. The number of benzene rings is 2. The number of nitrogens with zero attached hydrogens (tertiary/aromatic N) is 5. The third kappa shape index (κ3) is 5.33. The molecular formula is C22H22N6O3S. The predicted molar refractivity (Wildman–Crippen MR) is 119 cm³/mol. The average molecular weight is 451 g/mol. The molecule has 0 radical (unpaired) electrons. The molecule has 9 nitrogen and oxygen atoms in total. The molecule has 0 fully saturated rings. The highest BCUT2D eigenvalue weighted by atomic mass is 32.1. The molecule has 0 spiro atoms. The van der Waals surface area contributed by atoms with Crippen LogP contribution in [0.4, 0.5) is 4.79 Å². The van der Waals surface area contributed by atoms with Crippen molar-refractivity contribution in [1.82, 2.24) is 30.5 Å². The van der Waals surface area contributed by atoms with E-state index in [0.717, 1.165) is 20.8 Å². The highest BCUT2D eigenvalue weighted by molar-refractivity contribution is 7.18. The SMILES string of the molecule is CCC(NC(=O)OCc1ccccc1)C(=O)Cn1nnnc1Cc1nc2ccccc2s1. The highest BCUT2D eigenvalue weighted by Crippen LogP contribution is 2.23. The Morgan fingerprint density at radius 1 is 1.12 bits per heavy atom. The number of aromatic nitrogens is 5. The van der Waals surface area contributed by atoms with Crippen molar-refractivity contribution in [3.63, 3.8) is 0 Å². The van der Waals surface area contributed by atoms with Gasteiger partial charge in [-0.15, -0.1) is 16.4 Å². The minimum absolute atomic E-state index is 0.0509. The molecule has 0 bridgehead atoms. The molecule has 2 aromatic heterocycles. The predicted octanol–water partition coefficient (Wildman–Crippen LogP) is 3.15. The van der Waals surface area contributed by atoms with Crippen molar-refractivity contribution >= 4 is 33.4 Å². The minimum atomic E-state index is -0.697. The molecule has 0 saturated heterocycles. The average Bonchev–Trinajstić information content (AvgIpc) is 3.43. The summed E-state index contributed by atoms with van der Waals surface area (Å²) >= 11 is 1.57. The number of ether oxygens (including phenoxy) is 1. The first-order chi connectivity index (χ1) is 15.6. The summed E-state index contributed by atoms with van der Waals surface area (Å²) in [5.41, 5.74) is 1.79. The van der Waals surface area contributed by atoms with Crippen molar-refractivity contribution < 1.29 is 14.3 Å². The van der Waals surface area contributed by atoms with Crippen LogP contribution in [0.2, 0.25) is 0 Å². The number of Topliss-reactive ketones (excluding diaryl/α,β-unsaturated/α-hetero) is 1. The molecule has 4 aromatic rings. The number of fused-ring (bicyclic) bond motifs is 1. The fourth-order valence-corrected chi connectivity index (χ4v) is 4.14. The zero-order valence-corrected chi connectivity index (χ0v) is 18.3. The van der Waals surface area contributed by atoms with Gasteiger partial charge in [0.2, 0.25) is 0 Å². The van der Waals surface area contributed by atoms with E-state index < -0.39 is 12.1 Å². The Morgan fingerprint density at radius 3 is 2.69 bits per heavy atom. The van der Waals surface area contributed by atoms with E-state index in [4.69, 9.17) is 4.74 Å². The van der Waals surface area contributed by atoms with Crippen molar-refractivity contribution in [3.8, 4) is 0 Å². The third-order valence-electron chi connectivity index (χ3n) is 4.86. The molecule has 1 amide bonds. The number of amides is 1. The Labute approximate surface area is 188 Å². The lowest BCUT2D eigenvalue weighted by molar-refractivity contribution is -0.121. The Balaban J connectivity index is 1.35. The van der Waals surface area contributed by atoms with Crippen LogP contribution in [0.1, 0.15) is 29.7 Å². The van der Waals surface area contributed by atoms with Crippen molar-refractivity contribution in [1.29, 1.82) is 0 Å². The molecule has 1 N–H and O–H groups in total.